The fourth-order valence-corrected chi connectivity index (χ4v) is 5.35. The summed E-state index contributed by atoms with van der Waals surface area (Å²) in [5.41, 5.74) is 9.42. The average Bonchev–Trinajstić information content (AvgIpc) is 3.28. The van der Waals surface area contributed by atoms with Gasteiger partial charge in [0.15, 0.2) is 5.84 Å². The van der Waals surface area contributed by atoms with Gasteiger partial charge < -0.3 is 25.0 Å². The lowest BCUT2D eigenvalue weighted by Gasteiger charge is -2.32. The molecule has 4 aromatic rings. The van der Waals surface area contributed by atoms with Crippen molar-refractivity contribution >= 4 is 28.5 Å². The lowest BCUT2D eigenvalue weighted by Crippen LogP contribution is -2.39. The number of nitrogens with two attached hydrogens (primary N) is 1. The first kappa shape index (κ1) is 26.5. The number of aromatic nitrogens is 4. The number of amidine groups is 1. The number of ether oxygens (including phenoxy) is 2. The number of nitrogens with zero attached hydrogens (tertiary/aromatic N) is 6. The number of fused-ring (bicyclic) bond motifs is 1. The fourth-order valence-electron chi connectivity index (χ4n) is 5.23. The van der Waals surface area contributed by atoms with Gasteiger partial charge in [0.05, 0.1) is 30.2 Å². The van der Waals surface area contributed by atoms with Crippen LogP contribution < -0.4 is 10.5 Å². The molecule has 0 aliphatic carbocycles. The Bertz CT molecular complexity index is 1500. The topological polar surface area (TPSA) is 124 Å². The molecule has 1 atom stereocenters. The molecule has 208 valence electrons. The van der Waals surface area contributed by atoms with Crippen LogP contribution in [-0.2, 0) is 24.2 Å². The van der Waals surface area contributed by atoms with Crippen molar-refractivity contribution in [2.45, 2.75) is 51.0 Å². The first-order valence-corrected chi connectivity index (χ1v) is 14.0. The first-order valence-electron chi connectivity index (χ1n) is 13.6. The molecule has 11 heteroatoms. The largest absolute Gasteiger partial charge is 0.474 e. The maximum absolute atomic E-state index is 9.08. The van der Waals surface area contributed by atoms with Gasteiger partial charge in [-0.25, -0.2) is 9.97 Å². The van der Waals surface area contributed by atoms with E-state index < -0.39 is 0 Å². The number of rotatable bonds is 9. The molecule has 3 N–H and O–H groups in total. The van der Waals surface area contributed by atoms with E-state index in [4.69, 9.17) is 37.0 Å². The van der Waals surface area contributed by atoms with Crippen LogP contribution in [-0.4, -0.2) is 67.4 Å². The maximum atomic E-state index is 9.08. The summed E-state index contributed by atoms with van der Waals surface area (Å²) in [7, 11) is 0. The monoisotopic (exact) mass is 561 g/mol. The second-order valence-corrected chi connectivity index (χ2v) is 10.8. The highest BCUT2D eigenvalue weighted by Gasteiger charge is 2.26. The van der Waals surface area contributed by atoms with Gasteiger partial charge in [0.1, 0.15) is 17.8 Å². The number of benzene rings is 2. The Morgan fingerprint density at radius 3 is 2.62 bits per heavy atom. The molecule has 0 bridgehead atoms. The van der Waals surface area contributed by atoms with Gasteiger partial charge >= 0.3 is 0 Å². The van der Waals surface area contributed by atoms with Crippen LogP contribution in [0.4, 0.5) is 0 Å². The molecule has 0 saturated carbocycles. The predicted octanol–water partition coefficient (Wildman–Crippen LogP) is 4.00. The van der Waals surface area contributed by atoms with E-state index in [1.165, 1.54) is 0 Å². The van der Waals surface area contributed by atoms with Gasteiger partial charge in [0, 0.05) is 49.0 Å². The summed E-state index contributed by atoms with van der Waals surface area (Å²) in [5, 5.41) is 12.9. The van der Waals surface area contributed by atoms with Gasteiger partial charge in [0.2, 0.25) is 5.88 Å². The predicted molar refractivity (Wildman–Crippen MR) is 152 cm³/mol. The van der Waals surface area contributed by atoms with Crippen molar-refractivity contribution in [3.63, 3.8) is 0 Å². The first-order chi connectivity index (χ1) is 19.5. The molecule has 0 radical (unpaired) electrons. The van der Waals surface area contributed by atoms with E-state index in [1.54, 1.807) is 6.20 Å². The summed E-state index contributed by atoms with van der Waals surface area (Å²) in [6.07, 6.45) is 5.53. The Balaban J connectivity index is 1.09. The van der Waals surface area contributed by atoms with Crippen molar-refractivity contribution in [1.29, 1.82) is 0 Å². The van der Waals surface area contributed by atoms with Gasteiger partial charge in [-0.2, -0.15) is 4.98 Å². The number of hydrogen-bond donors (Lipinski definition) is 2. The second-order valence-electron chi connectivity index (χ2n) is 10.3. The lowest BCUT2D eigenvalue weighted by atomic mass is 10.1. The normalized spacial score (nSPS) is 18.6. The third-order valence-corrected chi connectivity index (χ3v) is 7.80. The SMILES string of the molecule is NC(=NO)c1ccc2c(c1)nc(CN1CCC(Oc3ccnc(Cc4ccc(Cl)cc4)n3)CC1)n2CC1CCO1. The van der Waals surface area contributed by atoms with E-state index in [0.717, 1.165) is 80.3 Å². The zero-order valence-electron chi connectivity index (χ0n) is 22.1. The summed E-state index contributed by atoms with van der Waals surface area (Å²) in [4.78, 5) is 16.4. The molecular weight excluding hydrogens is 530 g/mol. The number of piperidine rings is 1. The lowest BCUT2D eigenvalue weighted by molar-refractivity contribution is -0.0592. The minimum Gasteiger partial charge on any atom is -0.474 e. The van der Waals surface area contributed by atoms with E-state index in [9.17, 15) is 0 Å². The van der Waals surface area contributed by atoms with E-state index in [-0.39, 0.29) is 18.0 Å². The molecule has 2 aliphatic heterocycles. The van der Waals surface area contributed by atoms with E-state index >= 15 is 0 Å². The fraction of sp³-hybridized carbons (Fsp3) is 0.379. The molecule has 1 unspecified atom stereocenters. The molecule has 2 saturated heterocycles. The highest BCUT2D eigenvalue weighted by Crippen LogP contribution is 2.25. The molecule has 4 heterocycles. The molecule has 2 aliphatic rings. The standard InChI is InChI=1S/C29H32ClN7O3/c30-21-4-1-19(2-5-21)15-26-32-11-7-28(34-26)40-22-8-12-36(13-9-22)18-27-33-24-16-20(29(31)35-38)3-6-25(24)37(27)17-23-10-14-39-23/h1-7,11,16,22-23,38H,8-10,12-15,17-18H2,(H2,31,35). The van der Waals surface area contributed by atoms with E-state index in [1.807, 2.05) is 48.5 Å². The Morgan fingerprint density at radius 1 is 1.10 bits per heavy atom. The Morgan fingerprint density at radius 2 is 1.90 bits per heavy atom. The Labute approximate surface area is 237 Å². The van der Waals surface area contributed by atoms with Crippen LogP contribution in [0.3, 0.4) is 0 Å². The Kier molecular flexibility index (Phi) is 7.81. The third kappa shape index (κ3) is 6.04. The zero-order valence-corrected chi connectivity index (χ0v) is 22.9. The number of oxime groups is 1. The van der Waals surface area contributed by atoms with Gasteiger partial charge in [-0.15, -0.1) is 0 Å². The minimum absolute atomic E-state index is 0.0724. The average molecular weight is 562 g/mol. The van der Waals surface area contributed by atoms with E-state index in [0.29, 0.717) is 22.9 Å². The summed E-state index contributed by atoms with van der Waals surface area (Å²) < 4.78 is 14.2. The van der Waals surface area contributed by atoms with Crippen molar-refractivity contribution in [2.75, 3.05) is 19.7 Å². The summed E-state index contributed by atoms with van der Waals surface area (Å²) in [6, 6.07) is 15.3. The third-order valence-electron chi connectivity index (χ3n) is 7.55. The molecule has 0 amide bonds. The van der Waals surface area contributed by atoms with Crippen molar-refractivity contribution < 1.29 is 14.7 Å². The minimum atomic E-state index is 0.0724. The van der Waals surface area contributed by atoms with Gasteiger partial charge in [0.25, 0.3) is 0 Å². The molecule has 6 rings (SSSR count). The van der Waals surface area contributed by atoms with Crippen LogP contribution in [0.25, 0.3) is 11.0 Å². The van der Waals surface area contributed by atoms with Crippen LogP contribution in [0, 0.1) is 0 Å². The van der Waals surface area contributed by atoms with Crippen LogP contribution in [0.15, 0.2) is 59.9 Å². The number of halogens is 1. The highest BCUT2D eigenvalue weighted by atomic mass is 35.5. The summed E-state index contributed by atoms with van der Waals surface area (Å²) in [6.45, 7) is 4.09. The molecular formula is C29H32ClN7O3. The van der Waals surface area contributed by atoms with Crippen LogP contribution in [0.2, 0.25) is 5.02 Å². The van der Waals surface area contributed by atoms with Crippen molar-refractivity contribution in [2.24, 2.45) is 10.9 Å². The van der Waals surface area contributed by atoms with E-state index in [2.05, 4.69) is 24.6 Å². The smallest absolute Gasteiger partial charge is 0.216 e. The number of imidazole rings is 1. The molecule has 2 aromatic heterocycles. The molecule has 40 heavy (non-hydrogen) atoms. The highest BCUT2D eigenvalue weighted by molar-refractivity contribution is 6.30. The van der Waals surface area contributed by atoms with Crippen molar-refractivity contribution in [1.82, 2.24) is 24.4 Å². The molecule has 0 spiro atoms. The molecule has 10 nitrogen and oxygen atoms in total. The van der Waals surface area contributed by atoms with Crippen molar-refractivity contribution in [3.05, 3.63) is 82.5 Å². The van der Waals surface area contributed by atoms with Gasteiger partial charge in [-0.05, 0) is 55.2 Å². The quantitative estimate of drug-likeness (QED) is 0.136. The summed E-state index contributed by atoms with van der Waals surface area (Å²) >= 11 is 6.00. The van der Waals surface area contributed by atoms with Crippen LogP contribution in [0.1, 0.15) is 42.0 Å². The van der Waals surface area contributed by atoms with Crippen LogP contribution >= 0.6 is 11.6 Å². The van der Waals surface area contributed by atoms with Crippen LogP contribution in [0.5, 0.6) is 5.88 Å². The number of hydrogen-bond acceptors (Lipinski definition) is 8. The van der Waals surface area contributed by atoms with Gasteiger partial charge in [-0.3, -0.25) is 4.90 Å². The summed E-state index contributed by atoms with van der Waals surface area (Å²) in [5.74, 6) is 2.40. The number of likely N-dealkylation sites (tertiary alicyclic amines) is 1. The zero-order chi connectivity index (χ0) is 27.5. The maximum Gasteiger partial charge on any atom is 0.216 e. The van der Waals surface area contributed by atoms with Crippen molar-refractivity contribution in [3.8, 4) is 5.88 Å². The Hall–Kier alpha value is -3.73. The molecule has 2 aromatic carbocycles. The van der Waals surface area contributed by atoms with Gasteiger partial charge in [-0.1, -0.05) is 28.9 Å². The second kappa shape index (κ2) is 11.8. The molecule has 2 fully saturated rings.